The van der Waals surface area contributed by atoms with Crippen molar-refractivity contribution in [3.63, 3.8) is 0 Å². The van der Waals surface area contributed by atoms with Crippen LogP contribution < -0.4 is 34.3 Å². The third kappa shape index (κ3) is 7.24. The molecule has 0 atom stereocenters. The second-order valence-electron chi connectivity index (χ2n) is 9.04. The first-order valence-electron chi connectivity index (χ1n) is 13.0. The van der Waals surface area contributed by atoms with Gasteiger partial charge in [0, 0.05) is 24.8 Å². The molecule has 0 heterocycles. The molecule has 42 heavy (non-hydrogen) atoms. The fourth-order valence-electron chi connectivity index (χ4n) is 4.25. The molecular formula is C31H33N3O7S. The number of amides is 1. The van der Waals surface area contributed by atoms with Gasteiger partial charge in [0.15, 0.2) is 0 Å². The second kappa shape index (κ2) is 13.6. The third-order valence-corrected chi connectivity index (χ3v) is 7.75. The van der Waals surface area contributed by atoms with Gasteiger partial charge in [0.2, 0.25) is 0 Å². The highest BCUT2D eigenvalue weighted by Crippen LogP contribution is 2.35. The summed E-state index contributed by atoms with van der Waals surface area (Å²) < 4.78 is 51.0. The number of ether oxygens (including phenoxy) is 4. The molecule has 0 aliphatic heterocycles. The molecule has 1 amide bonds. The standard InChI is InChI=1S/C31H33N3O7S/c1-38-25-16-22(17-26(20-25)39-2)21-12-13-29(41-4)30(18-21)42(36,37)34-24-9-7-8-23(19-24)32-14-15-33-31(35)27-10-5-6-11-28(27)40-3/h5-13,16-20,32,34H,14-15H2,1-4H3,(H,33,35). The van der Waals surface area contributed by atoms with E-state index in [2.05, 4.69) is 15.4 Å². The van der Waals surface area contributed by atoms with E-state index in [1.807, 2.05) is 0 Å². The van der Waals surface area contributed by atoms with Gasteiger partial charge in [0.25, 0.3) is 15.9 Å². The molecule has 0 bridgehead atoms. The van der Waals surface area contributed by atoms with Crippen LogP contribution in [-0.2, 0) is 10.0 Å². The molecule has 11 heteroatoms. The van der Waals surface area contributed by atoms with Gasteiger partial charge >= 0.3 is 0 Å². The molecule has 220 valence electrons. The molecule has 0 unspecified atom stereocenters. The molecule has 0 fully saturated rings. The van der Waals surface area contributed by atoms with Crippen molar-refractivity contribution in [3.05, 3.63) is 90.5 Å². The maximum Gasteiger partial charge on any atom is 0.265 e. The molecule has 0 saturated heterocycles. The monoisotopic (exact) mass is 591 g/mol. The van der Waals surface area contributed by atoms with Crippen molar-refractivity contribution in [1.29, 1.82) is 0 Å². The van der Waals surface area contributed by atoms with E-state index in [1.165, 1.54) is 14.2 Å². The van der Waals surface area contributed by atoms with Crippen molar-refractivity contribution in [2.45, 2.75) is 4.90 Å². The number of hydrogen-bond acceptors (Lipinski definition) is 8. The summed E-state index contributed by atoms with van der Waals surface area (Å²) in [5, 5.41) is 6.03. The molecule has 4 rings (SSSR count). The highest BCUT2D eigenvalue weighted by atomic mass is 32.2. The Morgan fingerprint density at radius 3 is 2.05 bits per heavy atom. The molecule has 0 spiro atoms. The van der Waals surface area contributed by atoms with Gasteiger partial charge in [-0.05, 0) is 65.7 Å². The van der Waals surface area contributed by atoms with Crippen LogP contribution in [0.25, 0.3) is 11.1 Å². The number of sulfonamides is 1. The summed E-state index contributed by atoms with van der Waals surface area (Å²) in [4.78, 5) is 12.5. The van der Waals surface area contributed by atoms with E-state index in [9.17, 15) is 13.2 Å². The molecule has 3 N–H and O–H groups in total. The Hall–Kier alpha value is -4.90. The van der Waals surface area contributed by atoms with Gasteiger partial charge in [0.1, 0.15) is 27.9 Å². The van der Waals surface area contributed by atoms with Crippen molar-refractivity contribution >= 4 is 27.3 Å². The predicted octanol–water partition coefficient (Wildman–Crippen LogP) is 5.03. The van der Waals surface area contributed by atoms with E-state index in [4.69, 9.17) is 18.9 Å². The maximum absolute atomic E-state index is 13.5. The first-order valence-corrected chi connectivity index (χ1v) is 14.5. The van der Waals surface area contributed by atoms with Crippen molar-refractivity contribution in [3.8, 4) is 34.1 Å². The summed E-state index contributed by atoms with van der Waals surface area (Å²) >= 11 is 0. The first kappa shape index (κ1) is 30.1. The van der Waals surface area contributed by atoms with E-state index in [-0.39, 0.29) is 16.6 Å². The average Bonchev–Trinajstić information content (AvgIpc) is 3.02. The molecule has 0 radical (unpaired) electrons. The van der Waals surface area contributed by atoms with Crippen molar-refractivity contribution in [1.82, 2.24) is 5.32 Å². The van der Waals surface area contributed by atoms with E-state index in [0.717, 1.165) is 0 Å². The number of para-hydroxylation sites is 1. The largest absolute Gasteiger partial charge is 0.497 e. The van der Waals surface area contributed by atoms with Gasteiger partial charge in [-0.3, -0.25) is 9.52 Å². The normalized spacial score (nSPS) is 10.9. The molecule has 0 aliphatic rings. The molecule has 0 aromatic heterocycles. The van der Waals surface area contributed by atoms with Gasteiger partial charge in [0.05, 0.1) is 39.7 Å². The lowest BCUT2D eigenvalue weighted by Gasteiger charge is -2.15. The maximum atomic E-state index is 13.5. The zero-order valence-corrected chi connectivity index (χ0v) is 24.6. The van der Waals surface area contributed by atoms with Crippen LogP contribution in [0.1, 0.15) is 10.4 Å². The lowest BCUT2D eigenvalue weighted by atomic mass is 10.0. The van der Waals surface area contributed by atoms with Crippen LogP contribution in [-0.4, -0.2) is 55.9 Å². The third-order valence-electron chi connectivity index (χ3n) is 6.34. The van der Waals surface area contributed by atoms with E-state index in [0.29, 0.717) is 58.4 Å². The van der Waals surface area contributed by atoms with E-state index >= 15 is 0 Å². The summed E-state index contributed by atoms with van der Waals surface area (Å²) in [6.45, 7) is 0.753. The number of carbonyl (C=O) groups excluding carboxylic acids is 1. The van der Waals surface area contributed by atoms with Crippen LogP contribution >= 0.6 is 0 Å². The van der Waals surface area contributed by atoms with Crippen molar-refractivity contribution in [2.24, 2.45) is 0 Å². The van der Waals surface area contributed by atoms with Gasteiger partial charge in [-0.15, -0.1) is 0 Å². The molecule has 0 aliphatic carbocycles. The smallest absolute Gasteiger partial charge is 0.265 e. The summed E-state index contributed by atoms with van der Waals surface area (Å²) in [5.41, 5.74) is 2.83. The molecule has 10 nitrogen and oxygen atoms in total. The topological polar surface area (TPSA) is 124 Å². The molecule has 4 aromatic rings. The van der Waals surface area contributed by atoms with Crippen molar-refractivity contribution < 1.29 is 32.2 Å². The Labute approximate surface area is 245 Å². The van der Waals surface area contributed by atoms with Gasteiger partial charge in [-0.2, -0.15) is 0 Å². The number of methoxy groups -OCH3 is 4. The highest BCUT2D eigenvalue weighted by Gasteiger charge is 2.21. The lowest BCUT2D eigenvalue weighted by molar-refractivity contribution is 0.0952. The Balaban J connectivity index is 1.46. The Morgan fingerprint density at radius 2 is 1.36 bits per heavy atom. The SMILES string of the molecule is COc1cc(OC)cc(-c2ccc(OC)c(S(=O)(=O)Nc3cccc(NCCNC(=O)c4ccccc4OC)c3)c2)c1. The fraction of sp³-hybridized carbons (Fsp3) is 0.194. The average molecular weight is 592 g/mol. The van der Waals surface area contributed by atoms with Crippen LogP contribution in [0, 0.1) is 0 Å². The lowest BCUT2D eigenvalue weighted by Crippen LogP contribution is -2.29. The number of hydrogen-bond donors (Lipinski definition) is 3. The summed E-state index contributed by atoms with van der Waals surface area (Å²) in [5.74, 6) is 1.59. The predicted molar refractivity (Wildman–Crippen MR) is 163 cm³/mol. The minimum atomic E-state index is -4.04. The van der Waals surface area contributed by atoms with Gasteiger partial charge in [-0.1, -0.05) is 24.3 Å². The number of nitrogens with one attached hydrogen (secondary N) is 3. The number of carbonyl (C=O) groups is 1. The number of benzene rings is 4. The van der Waals surface area contributed by atoms with E-state index < -0.39 is 10.0 Å². The number of anilines is 2. The van der Waals surface area contributed by atoms with Crippen LogP contribution in [0.5, 0.6) is 23.0 Å². The summed E-state index contributed by atoms with van der Waals surface area (Å²) in [7, 11) is 1.99. The van der Waals surface area contributed by atoms with Gasteiger partial charge < -0.3 is 29.6 Å². The zero-order chi connectivity index (χ0) is 30.1. The molecular weight excluding hydrogens is 558 g/mol. The first-order chi connectivity index (χ1) is 20.3. The quantitative estimate of drug-likeness (QED) is 0.185. The number of rotatable bonds is 13. The Morgan fingerprint density at radius 1 is 0.667 bits per heavy atom. The van der Waals surface area contributed by atoms with Crippen LogP contribution in [0.15, 0.2) is 89.8 Å². The van der Waals surface area contributed by atoms with Crippen LogP contribution in [0.4, 0.5) is 11.4 Å². The fourth-order valence-corrected chi connectivity index (χ4v) is 5.50. The van der Waals surface area contributed by atoms with E-state index in [1.54, 1.807) is 99.1 Å². The summed E-state index contributed by atoms with van der Waals surface area (Å²) in [6, 6.07) is 24.1. The minimum Gasteiger partial charge on any atom is -0.497 e. The van der Waals surface area contributed by atoms with Crippen LogP contribution in [0.2, 0.25) is 0 Å². The second-order valence-corrected chi connectivity index (χ2v) is 10.7. The summed E-state index contributed by atoms with van der Waals surface area (Å²) in [6.07, 6.45) is 0. The molecule has 0 saturated carbocycles. The molecule has 4 aromatic carbocycles. The minimum absolute atomic E-state index is 0.0262. The Kier molecular flexibility index (Phi) is 9.77. The Bertz CT molecular complexity index is 1640. The van der Waals surface area contributed by atoms with Crippen molar-refractivity contribution in [2.75, 3.05) is 51.6 Å². The van der Waals surface area contributed by atoms with Crippen LogP contribution in [0.3, 0.4) is 0 Å². The zero-order valence-electron chi connectivity index (χ0n) is 23.8. The van der Waals surface area contributed by atoms with Gasteiger partial charge in [-0.25, -0.2) is 8.42 Å². The highest BCUT2D eigenvalue weighted by molar-refractivity contribution is 7.92.